The predicted octanol–water partition coefficient (Wildman–Crippen LogP) is 1.50. The molecule has 0 saturated heterocycles. The van der Waals surface area contributed by atoms with E-state index in [1.165, 1.54) is 0 Å². The van der Waals surface area contributed by atoms with E-state index in [9.17, 15) is 4.79 Å². The van der Waals surface area contributed by atoms with Gasteiger partial charge in [0.05, 0.1) is 5.69 Å². The summed E-state index contributed by atoms with van der Waals surface area (Å²) in [5.74, 6) is -0.0735. The van der Waals surface area contributed by atoms with Crippen molar-refractivity contribution in [1.29, 1.82) is 0 Å². The topological polar surface area (TPSA) is 77.9 Å². The highest BCUT2D eigenvalue weighted by atomic mass is 16.1. The Morgan fingerprint density at radius 2 is 2.30 bits per heavy atom. The van der Waals surface area contributed by atoms with E-state index in [2.05, 4.69) is 17.3 Å². The van der Waals surface area contributed by atoms with E-state index in [-0.39, 0.29) is 5.91 Å². The largest absolute Gasteiger partial charge is 0.397 e. The molecule has 20 heavy (non-hydrogen) atoms. The van der Waals surface area contributed by atoms with Crippen molar-refractivity contribution in [3.63, 3.8) is 0 Å². The monoisotopic (exact) mass is 275 g/mol. The summed E-state index contributed by atoms with van der Waals surface area (Å²) in [5.41, 5.74) is 7.01. The summed E-state index contributed by atoms with van der Waals surface area (Å²) in [4.78, 5) is 12.1. The maximum atomic E-state index is 12.1. The van der Waals surface area contributed by atoms with E-state index in [0.29, 0.717) is 17.9 Å². The Balaban J connectivity index is 1.82. The van der Waals surface area contributed by atoms with Gasteiger partial charge in [-0.3, -0.25) is 9.48 Å². The number of hydrogen-bond donors (Lipinski definition) is 2. The highest BCUT2D eigenvalue weighted by molar-refractivity contribution is 5.93. The van der Waals surface area contributed by atoms with Crippen LogP contribution in [-0.4, -0.2) is 26.8 Å². The number of anilines is 1. The maximum Gasteiger partial charge on any atom is 0.267 e. The highest BCUT2D eigenvalue weighted by Gasteiger charge is 2.11. The number of nitrogens with one attached hydrogen (secondary N) is 1. The third-order valence-electron chi connectivity index (χ3n) is 3.02. The third kappa shape index (κ3) is 3.63. The third-order valence-corrected chi connectivity index (χ3v) is 3.02. The zero-order valence-corrected chi connectivity index (χ0v) is 11.7. The van der Waals surface area contributed by atoms with Crippen molar-refractivity contribution >= 4 is 11.6 Å². The van der Waals surface area contributed by atoms with Crippen molar-refractivity contribution in [2.24, 2.45) is 0 Å². The van der Waals surface area contributed by atoms with Gasteiger partial charge in [-0.25, -0.2) is 0 Å². The molecule has 2 aromatic rings. The van der Waals surface area contributed by atoms with Gasteiger partial charge < -0.3 is 15.6 Å². The molecule has 3 N–H and O–H groups in total. The Labute approximate surface area is 118 Å². The summed E-state index contributed by atoms with van der Waals surface area (Å²) >= 11 is 0. The van der Waals surface area contributed by atoms with E-state index >= 15 is 0 Å². The minimum absolute atomic E-state index is 0.0735. The molecular weight excluding hydrogens is 254 g/mol. The van der Waals surface area contributed by atoms with E-state index in [0.717, 1.165) is 25.9 Å². The molecule has 6 heteroatoms. The number of aromatic nitrogens is 3. The highest BCUT2D eigenvalue weighted by Crippen LogP contribution is 2.11. The van der Waals surface area contributed by atoms with Gasteiger partial charge >= 0.3 is 0 Å². The fraction of sp³-hybridized carbons (Fsp3) is 0.429. The minimum Gasteiger partial charge on any atom is -0.397 e. The first-order valence-electron chi connectivity index (χ1n) is 6.92. The van der Waals surface area contributed by atoms with Gasteiger partial charge in [-0.05, 0) is 25.0 Å². The molecule has 2 heterocycles. The maximum absolute atomic E-state index is 12.1. The Bertz CT molecular complexity index is 544. The van der Waals surface area contributed by atoms with Gasteiger partial charge in [0, 0.05) is 38.2 Å². The number of carbonyl (C=O) groups is 1. The molecule has 2 aromatic heterocycles. The number of carbonyl (C=O) groups excluding carboxylic acids is 1. The molecule has 6 nitrogen and oxygen atoms in total. The first-order valence-corrected chi connectivity index (χ1v) is 6.92. The van der Waals surface area contributed by atoms with Gasteiger partial charge in [0.25, 0.3) is 5.91 Å². The Morgan fingerprint density at radius 3 is 3.00 bits per heavy atom. The molecular formula is C14H21N5O. The summed E-state index contributed by atoms with van der Waals surface area (Å²) in [7, 11) is 0. The van der Waals surface area contributed by atoms with Gasteiger partial charge in [-0.2, -0.15) is 5.10 Å². The average Bonchev–Trinajstić information content (AvgIpc) is 3.05. The van der Waals surface area contributed by atoms with Crippen molar-refractivity contribution in [3.8, 4) is 0 Å². The summed E-state index contributed by atoms with van der Waals surface area (Å²) in [6.07, 6.45) is 7.28. The average molecular weight is 275 g/mol. The van der Waals surface area contributed by atoms with E-state index < -0.39 is 0 Å². The molecule has 2 rings (SSSR count). The van der Waals surface area contributed by atoms with Crippen LogP contribution >= 0.6 is 0 Å². The normalized spacial score (nSPS) is 10.7. The number of nitrogen functional groups attached to an aromatic ring is 1. The van der Waals surface area contributed by atoms with Crippen LogP contribution in [0.25, 0.3) is 0 Å². The Kier molecular flexibility index (Phi) is 4.81. The number of nitrogens with zero attached hydrogens (tertiary/aromatic N) is 3. The van der Waals surface area contributed by atoms with Crippen molar-refractivity contribution in [3.05, 3.63) is 36.4 Å². The number of aryl methyl sites for hydroxylation is 2. The molecule has 108 valence electrons. The van der Waals surface area contributed by atoms with Crippen LogP contribution in [0.3, 0.4) is 0 Å². The van der Waals surface area contributed by atoms with Gasteiger partial charge in [-0.15, -0.1) is 0 Å². The number of rotatable bonds is 7. The number of nitrogens with two attached hydrogens (primary N) is 1. The van der Waals surface area contributed by atoms with E-state index in [1.807, 2.05) is 27.7 Å². The standard InChI is InChI=1S/C14H21N5O/c1-2-7-18-11-12(15)10-13(18)14(20)16-5-3-8-19-9-4-6-17-19/h4,6,9-11H,2-3,5,7-8,15H2,1H3,(H,16,20). The summed E-state index contributed by atoms with van der Waals surface area (Å²) in [5, 5.41) is 7.03. The van der Waals surface area contributed by atoms with Crippen molar-refractivity contribution in [1.82, 2.24) is 19.7 Å². The van der Waals surface area contributed by atoms with Crippen LogP contribution < -0.4 is 11.1 Å². The number of hydrogen-bond acceptors (Lipinski definition) is 3. The van der Waals surface area contributed by atoms with Crippen LogP contribution in [-0.2, 0) is 13.1 Å². The smallest absolute Gasteiger partial charge is 0.267 e. The number of amides is 1. The van der Waals surface area contributed by atoms with Crippen LogP contribution in [0.4, 0.5) is 5.69 Å². The first-order chi connectivity index (χ1) is 9.70. The molecule has 0 unspecified atom stereocenters. The lowest BCUT2D eigenvalue weighted by Crippen LogP contribution is -2.27. The molecule has 0 radical (unpaired) electrons. The molecule has 0 aromatic carbocycles. The zero-order valence-electron chi connectivity index (χ0n) is 11.7. The van der Waals surface area contributed by atoms with Gasteiger partial charge in [-0.1, -0.05) is 6.92 Å². The van der Waals surface area contributed by atoms with Crippen molar-refractivity contribution in [2.45, 2.75) is 32.9 Å². The second kappa shape index (κ2) is 6.79. The van der Waals surface area contributed by atoms with Crippen molar-refractivity contribution < 1.29 is 4.79 Å². The van der Waals surface area contributed by atoms with Crippen LogP contribution in [0, 0.1) is 0 Å². The quantitative estimate of drug-likeness (QED) is 0.752. The zero-order chi connectivity index (χ0) is 14.4. The molecule has 1 amide bonds. The lowest BCUT2D eigenvalue weighted by molar-refractivity contribution is 0.0943. The molecule has 0 aliphatic heterocycles. The lowest BCUT2D eigenvalue weighted by Gasteiger charge is -2.08. The first kappa shape index (κ1) is 14.2. The molecule has 0 atom stereocenters. The fourth-order valence-electron chi connectivity index (χ4n) is 2.12. The molecule has 0 spiro atoms. The minimum atomic E-state index is -0.0735. The van der Waals surface area contributed by atoms with E-state index in [1.54, 1.807) is 12.3 Å². The SMILES string of the molecule is CCCn1cc(N)cc1C(=O)NCCCn1cccn1. The predicted molar refractivity (Wildman–Crippen MR) is 78.3 cm³/mol. The van der Waals surface area contributed by atoms with Crippen LogP contribution in [0.1, 0.15) is 30.3 Å². The van der Waals surface area contributed by atoms with Crippen LogP contribution in [0.5, 0.6) is 0 Å². The van der Waals surface area contributed by atoms with Gasteiger partial charge in [0.15, 0.2) is 0 Å². The second-order valence-electron chi connectivity index (χ2n) is 4.73. The summed E-state index contributed by atoms with van der Waals surface area (Å²) in [6.45, 7) is 4.29. The lowest BCUT2D eigenvalue weighted by atomic mass is 10.3. The second-order valence-corrected chi connectivity index (χ2v) is 4.73. The molecule has 0 bridgehead atoms. The molecule has 0 aliphatic rings. The van der Waals surface area contributed by atoms with Crippen molar-refractivity contribution in [2.75, 3.05) is 12.3 Å². The summed E-state index contributed by atoms with van der Waals surface area (Å²) in [6, 6.07) is 3.61. The molecule has 0 saturated carbocycles. The fourth-order valence-corrected chi connectivity index (χ4v) is 2.12. The van der Waals surface area contributed by atoms with Crippen LogP contribution in [0.2, 0.25) is 0 Å². The van der Waals surface area contributed by atoms with Crippen LogP contribution in [0.15, 0.2) is 30.7 Å². The molecule has 0 aliphatic carbocycles. The Hall–Kier alpha value is -2.24. The molecule has 0 fully saturated rings. The Morgan fingerprint density at radius 1 is 1.45 bits per heavy atom. The van der Waals surface area contributed by atoms with Gasteiger partial charge in [0.1, 0.15) is 5.69 Å². The summed E-state index contributed by atoms with van der Waals surface area (Å²) < 4.78 is 3.75. The van der Waals surface area contributed by atoms with Gasteiger partial charge in [0.2, 0.25) is 0 Å². The van der Waals surface area contributed by atoms with E-state index in [4.69, 9.17) is 5.73 Å².